The highest BCUT2D eigenvalue weighted by molar-refractivity contribution is 7.91. The van der Waals surface area contributed by atoms with Crippen LogP contribution in [0.4, 0.5) is 5.69 Å². The van der Waals surface area contributed by atoms with Crippen molar-refractivity contribution in [2.45, 2.75) is 45.3 Å². The molecule has 0 bridgehead atoms. The van der Waals surface area contributed by atoms with Crippen LogP contribution in [0.1, 0.15) is 25.8 Å². The van der Waals surface area contributed by atoms with E-state index in [0.717, 1.165) is 17.7 Å². The Hall–Kier alpha value is -1.40. The number of piperazine rings is 1. The van der Waals surface area contributed by atoms with E-state index in [-0.39, 0.29) is 35.5 Å². The highest BCUT2D eigenvalue weighted by atomic mass is 32.2. The maximum absolute atomic E-state index is 12.8. The van der Waals surface area contributed by atoms with Gasteiger partial charge in [0.05, 0.1) is 24.1 Å². The van der Waals surface area contributed by atoms with Crippen molar-refractivity contribution in [1.29, 1.82) is 0 Å². The number of amides is 1. The highest BCUT2D eigenvalue weighted by Crippen LogP contribution is 2.33. The van der Waals surface area contributed by atoms with E-state index in [2.05, 4.69) is 18.7 Å². The Morgan fingerprint density at radius 1 is 1.26 bits per heavy atom. The lowest BCUT2D eigenvalue weighted by atomic mass is 10.00. The van der Waals surface area contributed by atoms with E-state index in [9.17, 15) is 13.2 Å². The highest BCUT2D eigenvalue weighted by Gasteiger charge is 2.50. The molecule has 0 radical (unpaired) electrons. The third-order valence-corrected chi connectivity index (χ3v) is 6.77. The van der Waals surface area contributed by atoms with Gasteiger partial charge in [-0.05, 0) is 38.0 Å². The molecule has 6 heteroatoms. The topological polar surface area (TPSA) is 57.7 Å². The van der Waals surface area contributed by atoms with Crippen molar-refractivity contribution in [2.24, 2.45) is 0 Å². The second kappa shape index (κ2) is 5.91. The number of fused-ring (bicyclic) bond motifs is 1. The van der Waals surface area contributed by atoms with Crippen LogP contribution < -0.4 is 4.90 Å². The van der Waals surface area contributed by atoms with Gasteiger partial charge in [0.2, 0.25) is 5.91 Å². The first-order valence-corrected chi connectivity index (χ1v) is 9.99. The lowest BCUT2D eigenvalue weighted by molar-refractivity contribution is -0.124. The molecule has 2 fully saturated rings. The number of anilines is 1. The molecule has 0 spiro atoms. The van der Waals surface area contributed by atoms with Crippen LogP contribution in [0.5, 0.6) is 0 Å². The molecule has 2 saturated heterocycles. The number of sulfone groups is 1. The summed E-state index contributed by atoms with van der Waals surface area (Å²) >= 11 is 0. The Balaban J connectivity index is 2.01. The fraction of sp³-hybridized carbons (Fsp3) is 0.588. The zero-order chi connectivity index (χ0) is 16.8. The van der Waals surface area contributed by atoms with Crippen LogP contribution in [0.15, 0.2) is 24.3 Å². The van der Waals surface area contributed by atoms with Gasteiger partial charge in [-0.2, -0.15) is 0 Å². The van der Waals surface area contributed by atoms with Crippen LogP contribution in [0.3, 0.4) is 0 Å². The van der Waals surface area contributed by atoms with Crippen LogP contribution in [-0.4, -0.2) is 55.4 Å². The third-order valence-electron chi connectivity index (χ3n) is 5.07. The van der Waals surface area contributed by atoms with E-state index in [1.54, 1.807) is 4.90 Å². The second-order valence-electron chi connectivity index (χ2n) is 6.74. The van der Waals surface area contributed by atoms with Gasteiger partial charge in [-0.15, -0.1) is 0 Å². The number of carbonyl (C=O) groups excluding carboxylic acids is 1. The van der Waals surface area contributed by atoms with Gasteiger partial charge >= 0.3 is 0 Å². The molecule has 1 amide bonds. The number of hydrogen-bond acceptors (Lipinski definition) is 4. The quantitative estimate of drug-likeness (QED) is 0.841. The molecule has 2 heterocycles. The Kier molecular flexibility index (Phi) is 4.23. The normalized spacial score (nSPS) is 28.7. The molecule has 0 aromatic heterocycles. The van der Waals surface area contributed by atoms with Crippen LogP contribution in [0.2, 0.25) is 0 Å². The SMILES string of the molecule is CCC(C)N1CC(=O)N(c2cccc(C)c2)[C@@H]2CS(=O)(=O)C[C@@H]21. The lowest BCUT2D eigenvalue weighted by Gasteiger charge is -2.45. The predicted molar refractivity (Wildman–Crippen MR) is 91.4 cm³/mol. The van der Waals surface area contributed by atoms with Gasteiger partial charge in [-0.25, -0.2) is 8.42 Å². The lowest BCUT2D eigenvalue weighted by Crippen LogP contribution is -2.63. The molecule has 1 aromatic carbocycles. The number of hydrogen-bond donors (Lipinski definition) is 0. The van der Waals surface area contributed by atoms with Crippen LogP contribution in [0.25, 0.3) is 0 Å². The summed E-state index contributed by atoms with van der Waals surface area (Å²) in [5.41, 5.74) is 1.88. The first-order chi connectivity index (χ1) is 10.8. The van der Waals surface area contributed by atoms with Crippen molar-refractivity contribution in [3.05, 3.63) is 29.8 Å². The largest absolute Gasteiger partial charge is 0.306 e. The standard InChI is InChI=1S/C17H24N2O3S/c1-4-13(3)18-9-17(20)19(14-7-5-6-12(2)8-14)16-11-23(21,22)10-15(16)18/h5-8,13,15-16H,4,9-11H2,1-3H3/t13?,15-,16+/m0/s1. The van der Waals surface area contributed by atoms with Gasteiger partial charge in [0.25, 0.3) is 0 Å². The summed E-state index contributed by atoms with van der Waals surface area (Å²) in [6.45, 7) is 6.41. The summed E-state index contributed by atoms with van der Waals surface area (Å²) in [6, 6.07) is 7.57. The summed E-state index contributed by atoms with van der Waals surface area (Å²) in [5.74, 6) is 0.205. The summed E-state index contributed by atoms with van der Waals surface area (Å²) in [5, 5.41) is 0. The van der Waals surface area contributed by atoms with Crippen molar-refractivity contribution < 1.29 is 13.2 Å². The van der Waals surface area contributed by atoms with Gasteiger partial charge in [0, 0.05) is 17.8 Å². The molecular formula is C17H24N2O3S. The number of aryl methyl sites for hydroxylation is 1. The minimum atomic E-state index is -3.11. The summed E-state index contributed by atoms with van der Waals surface area (Å²) < 4.78 is 24.5. The number of carbonyl (C=O) groups is 1. The Labute approximate surface area is 138 Å². The van der Waals surface area contributed by atoms with E-state index in [1.807, 2.05) is 31.2 Å². The smallest absolute Gasteiger partial charge is 0.241 e. The van der Waals surface area contributed by atoms with Crippen molar-refractivity contribution in [3.63, 3.8) is 0 Å². The molecule has 3 atom stereocenters. The zero-order valence-electron chi connectivity index (χ0n) is 13.9. The van der Waals surface area contributed by atoms with E-state index < -0.39 is 9.84 Å². The molecule has 2 aliphatic heterocycles. The minimum absolute atomic E-state index is 0.00532. The fourth-order valence-corrected chi connectivity index (χ4v) is 5.70. The van der Waals surface area contributed by atoms with E-state index in [4.69, 9.17) is 0 Å². The average molecular weight is 336 g/mol. The molecule has 1 aromatic rings. The molecule has 0 aliphatic carbocycles. The summed E-state index contributed by atoms with van der Waals surface area (Å²) in [4.78, 5) is 16.6. The minimum Gasteiger partial charge on any atom is -0.306 e. The molecule has 126 valence electrons. The number of rotatable bonds is 3. The van der Waals surface area contributed by atoms with Crippen molar-refractivity contribution in [3.8, 4) is 0 Å². The van der Waals surface area contributed by atoms with Gasteiger partial charge in [0.1, 0.15) is 0 Å². The molecule has 0 saturated carbocycles. The first kappa shape index (κ1) is 16.5. The molecule has 1 unspecified atom stereocenters. The molecule has 23 heavy (non-hydrogen) atoms. The number of benzene rings is 1. The van der Waals surface area contributed by atoms with E-state index in [1.165, 1.54) is 0 Å². The van der Waals surface area contributed by atoms with Crippen molar-refractivity contribution in [1.82, 2.24) is 4.90 Å². The molecule has 5 nitrogen and oxygen atoms in total. The Morgan fingerprint density at radius 3 is 2.61 bits per heavy atom. The van der Waals surface area contributed by atoms with Gasteiger partial charge in [0.15, 0.2) is 9.84 Å². The molecule has 2 aliphatic rings. The summed E-state index contributed by atoms with van der Waals surface area (Å²) in [7, 11) is -3.11. The Morgan fingerprint density at radius 2 is 1.96 bits per heavy atom. The molecule has 3 rings (SSSR count). The van der Waals surface area contributed by atoms with Crippen molar-refractivity contribution >= 4 is 21.4 Å². The van der Waals surface area contributed by atoms with Crippen LogP contribution in [0, 0.1) is 6.92 Å². The zero-order valence-corrected chi connectivity index (χ0v) is 14.7. The number of nitrogens with zero attached hydrogens (tertiary/aromatic N) is 2. The van der Waals surface area contributed by atoms with Crippen LogP contribution in [-0.2, 0) is 14.6 Å². The molecular weight excluding hydrogens is 312 g/mol. The van der Waals surface area contributed by atoms with Gasteiger partial charge in [-0.3, -0.25) is 9.69 Å². The van der Waals surface area contributed by atoms with E-state index in [0.29, 0.717) is 6.54 Å². The van der Waals surface area contributed by atoms with Gasteiger partial charge < -0.3 is 4.90 Å². The maximum Gasteiger partial charge on any atom is 0.241 e. The maximum atomic E-state index is 12.8. The average Bonchev–Trinajstić information content (AvgIpc) is 2.80. The summed E-state index contributed by atoms with van der Waals surface area (Å²) in [6.07, 6.45) is 0.904. The van der Waals surface area contributed by atoms with Gasteiger partial charge in [-0.1, -0.05) is 19.1 Å². The van der Waals surface area contributed by atoms with Crippen LogP contribution >= 0.6 is 0 Å². The monoisotopic (exact) mass is 336 g/mol. The molecule has 0 N–H and O–H groups in total. The third kappa shape index (κ3) is 3.02. The Bertz CT molecular complexity index is 716. The van der Waals surface area contributed by atoms with E-state index >= 15 is 0 Å². The second-order valence-corrected chi connectivity index (χ2v) is 8.90. The van der Waals surface area contributed by atoms with Crippen molar-refractivity contribution in [2.75, 3.05) is 23.0 Å². The first-order valence-electron chi connectivity index (χ1n) is 8.17. The predicted octanol–water partition coefficient (Wildman–Crippen LogP) is 1.61. The fourth-order valence-electron chi connectivity index (χ4n) is 3.74.